The predicted octanol–water partition coefficient (Wildman–Crippen LogP) is 4.35. The number of aldehydes is 1. The lowest BCUT2D eigenvalue weighted by atomic mass is 10.0. The van der Waals surface area contributed by atoms with Gasteiger partial charge in [-0.15, -0.1) is 0 Å². The van der Waals surface area contributed by atoms with Gasteiger partial charge in [-0.1, -0.05) is 37.3 Å². The summed E-state index contributed by atoms with van der Waals surface area (Å²) >= 11 is 0. The third-order valence-electron chi connectivity index (χ3n) is 3.05. The Labute approximate surface area is 125 Å². The molecule has 0 unspecified atom stereocenters. The third kappa shape index (κ3) is 3.63. The van der Waals surface area contributed by atoms with E-state index < -0.39 is 0 Å². The van der Waals surface area contributed by atoms with Crippen molar-refractivity contribution in [3.63, 3.8) is 0 Å². The molecule has 2 aromatic carbocycles. The molecule has 0 saturated carbocycles. The zero-order valence-corrected chi connectivity index (χ0v) is 12.5. The second-order valence-corrected chi connectivity index (χ2v) is 4.66. The first-order chi connectivity index (χ1) is 10.3. The summed E-state index contributed by atoms with van der Waals surface area (Å²) in [5.74, 6) is 1.32. The molecule has 21 heavy (non-hydrogen) atoms. The average Bonchev–Trinajstić information content (AvgIpc) is 2.54. The Kier molecular flexibility index (Phi) is 5.38. The number of carbonyl (C=O) groups is 1. The molecule has 110 valence electrons. The van der Waals surface area contributed by atoms with Crippen molar-refractivity contribution in [3.05, 3.63) is 48.0 Å². The van der Waals surface area contributed by atoms with Crippen LogP contribution in [0.25, 0.3) is 11.1 Å². The molecule has 2 rings (SSSR count). The van der Waals surface area contributed by atoms with Crippen LogP contribution in [0.15, 0.2) is 42.5 Å². The molecule has 0 fully saturated rings. The number of hydrogen-bond acceptors (Lipinski definition) is 3. The zero-order chi connectivity index (χ0) is 15.1. The molecule has 0 radical (unpaired) electrons. The van der Waals surface area contributed by atoms with Crippen molar-refractivity contribution in [2.75, 3.05) is 13.2 Å². The topological polar surface area (TPSA) is 35.5 Å². The van der Waals surface area contributed by atoms with Crippen LogP contribution in [0.4, 0.5) is 0 Å². The fraction of sp³-hybridized carbons (Fsp3) is 0.278. The molecule has 0 aliphatic carbocycles. The van der Waals surface area contributed by atoms with Gasteiger partial charge < -0.3 is 9.47 Å². The number of benzene rings is 2. The Bertz CT molecular complexity index is 591. The van der Waals surface area contributed by atoms with E-state index in [9.17, 15) is 4.79 Å². The van der Waals surface area contributed by atoms with E-state index in [1.54, 1.807) is 6.07 Å². The Morgan fingerprint density at radius 3 is 2.43 bits per heavy atom. The van der Waals surface area contributed by atoms with Gasteiger partial charge in [0.1, 0.15) is 6.29 Å². The van der Waals surface area contributed by atoms with Gasteiger partial charge in [-0.05, 0) is 31.0 Å². The van der Waals surface area contributed by atoms with Crippen LogP contribution in [0, 0.1) is 0 Å². The minimum atomic E-state index is 0.527. The van der Waals surface area contributed by atoms with Crippen LogP contribution in [0.1, 0.15) is 30.6 Å². The van der Waals surface area contributed by atoms with E-state index in [0.29, 0.717) is 30.3 Å². The summed E-state index contributed by atoms with van der Waals surface area (Å²) in [4.78, 5) is 11.2. The highest BCUT2D eigenvalue weighted by atomic mass is 16.5. The highest BCUT2D eigenvalue weighted by Crippen LogP contribution is 2.39. The molecule has 0 aliphatic heterocycles. The first-order valence-electron chi connectivity index (χ1n) is 7.24. The minimum absolute atomic E-state index is 0.527. The SMILES string of the molecule is CCCOc1c(OCC)cc(C=O)cc1-c1ccccc1. The van der Waals surface area contributed by atoms with Crippen molar-refractivity contribution in [1.29, 1.82) is 0 Å². The van der Waals surface area contributed by atoms with Gasteiger partial charge >= 0.3 is 0 Å². The van der Waals surface area contributed by atoms with Gasteiger partial charge in [0.05, 0.1) is 13.2 Å². The highest BCUT2D eigenvalue weighted by Gasteiger charge is 2.15. The molecule has 2 aromatic rings. The van der Waals surface area contributed by atoms with Crippen LogP contribution >= 0.6 is 0 Å². The van der Waals surface area contributed by atoms with Gasteiger partial charge in [0, 0.05) is 11.1 Å². The van der Waals surface area contributed by atoms with E-state index >= 15 is 0 Å². The van der Waals surface area contributed by atoms with Gasteiger partial charge in [0.25, 0.3) is 0 Å². The second kappa shape index (κ2) is 7.48. The van der Waals surface area contributed by atoms with Crippen molar-refractivity contribution in [2.24, 2.45) is 0 Å². The van der Waals surface area contributed by atoms with Crippen molar-refractivity contribution in [2.45, 2.75) is 20.3 Å². The molecule has 0 amide bonds. The van der Waals surface area contributed by atoms with Crippen molar-refractivity contribution in [3.8, 4) is 22.6 Å². The molecule has 0 atom stereocenters. The molecule has 0 aliphatic rings. The van der Waals surface area contributed by atoms with Gasteiger partial charge in [0.2, 0.25) is 0 Å². The quantitative estimate of drug-likeness (QED) is 0.709. The molecule has 0 bridgehead atoms. The molecule has 0 N–H and O–H groups in total. The minimum Gasteiger partial charge on any atom is -0.490 e. The van der Waals surface area contributed by atoms with Crippen LogP contribution in [-0.4, -0.2) is 19.5 Å². The summed E-state index contributed by atoms with van der Waals surface area (Å²) in [5.41, 5.74) is 2.48. The van der Waals surface area contributed by atoms with Gasteiger partial charge in [-0.2, -0.15) is 0 Å². The lowest BCUT2D eigenvalue weighted by molar-refractivity contribution is 0.112. The van der Waals surface area contributed by atoms with E-state index in [2.05, 4.69) is 6.92 Å². The molecular formula is C18H20O3. The predicted molar refractivity (Wildman–Crippen MR) is 84.2 cm³/mol. The van der Waals surface area contributed by atoms with E-state index in [1.165, 1.54) is 0 Å². The Morgan fingerprint density at radius 2 is 1.81 bits per heavy atom. The van der Waals surface area contributed by atoms with E-state index in [4.69, 9.17) is 9.47 Å². The second-order valence-electron chi connectivity index (χ2n) is 4.66. The highest BCUT2D eigenvalue weighted by molar-refractivity contribution is 5.84. The maximum atomic E-state index is 11.2. The summed E-state index contributed by atoms with van der Waals surface area (Å²) < 4.78 is 11.5. The van der Waals surface area contributed by atoms with Crippen LogP contribution < -0.4 is 9.47 Å². The number of ether oxygens (including phenoxy) is 2. The van der Waals surface area contributed by atoms with Crippen LogP contribution in [0.3, 0.4) is 0 Å². The molecule has 0 saturated heterocycles. The number of rotatable bonds is 7. The summed E-state index contributed by atoms with van der Waals surface area (Å²) in [6, 6.07) is 13.5. The summed E-state index contributed by atoms with van der Waals surface area (Å²) in [6.07, 6.45) is 1.74. The normalized spacial score (nSPS) is 10.2. The summed E-state index contributed by atoms with van der Waals surface area (Å²) in [6.45, 7) is 5.11. The fourth-order valence-corrected chi connectivity index (χ4v) is 2.14. The van der Waals surface area contributed by atoms with Crippen molar-refractivity contribution in [1.82, 2.24) is 0 Å². The Balaban J connectivity index is 2.58. The summed E-state index contributed by atoms with van der Waals surface area (Å²) in [5, 5.41) is 0. The number of hydrogen-bond donors (Lipinski definition) is 0. The molecule has 3 nitrogen and oxygen atoms in total. The van der Waals surface area contributed by atoms with Crippen molar-refractivity contribution >= 4 is 6.29 Å². The maximum Gasteiger partial charge on any atom is 0.169 e. The van der Waals surface area contributed by atoms with Gasteiger partial charge in [-0.3, -0.25) is 4.79 Å². The Hall–Kier alpha value is -2.29. The molecule has 0 heterocycles. The monoisotopic (exact) mass is 284 g/mol. The van der Waals surface area contributed by atoms with Gasteiger partial charge in [0.15, 0.2) is 11.5 Å². The Morgan fingerprint density at radius 1 is 1.05 bits per heavy atom. The smallest absolute Gasteiger partial charge is 0.169 e. The lowest BCUT2D eigenvalue weighted by Crippen LogP contribution is -2.03. The third-order valence-corrected chi connectivity index (χ3v) is 3.05. The zero-order valence-electron chi connectivity index (χ0n) is 12.5. The molecule has 0 spiro atoms. The molecular weight excluding hydrogens is 264 g/mol. The first-order valence-corrected chi connectivity index (χ1v) is 7.24. The van der Waals surface area contributed by atoms with Gasteiger partial charge in [-0.25, -0.2) is 0 Å². The van der Waals surface area contributed by atoms with E-state index in [1.807, 2.05) is 43.3 Å². The first kappa shape index (κ1) is 15.1. The van der Waals surface area contributed by atoms with Crippen LogP contribution in [-0.2, 0) is 0 Å². The van der Waals surface area contributed by atoms with Crippen molar-refractivity contribution < 1.29 is 14.3 Å². The van der Waals surface area contributed by atoms with E-state index in [0.717, 1.165) is 23.8 Å². The summed E-state index contributed by atoms with van der Waals surface area (Å²) in [7, 11) is 0. The fourth-order valence-electron chi connectivity index (χ4n) is 2.14. The van der Waals surface area contributed by atoms with Crippen LogP contribution in [0.5, 0.6) is 11.5 Å². The standard InChI is InChI=1S/C18H20O3/c1-3-10-21-18-16(15-8-6-5-7-9-15)11-14(13-19)12-17(18)20-4-2/h5-9,11-13H,3-4,10H2,1-2H3. The average molecular weight is 284 g/mol. The largest absolute Gasteiger partial charge is 0.490 e. The molecule has 0 aromatic heterocycles. The van der Waals surface area contributed by atoms with E-state index in [-0.39, 0.29) is 0 Å². The van der Waals surface area contributed by atoms with Crippen LogP contribution in [0.2, 0.25) is 0 Å². The lowest BCUT2D eigenvalue weighted by Gasteiger charge is -2.16. The molecule has 3 heteroatoms. The number of carbonyl (C=O) groups excluding carboxylic acids is 1. The maximum absolute atomic E-state index is 11.2.